The highest BCUT2D eigenvalue weighted by Crippen LogP contribution is 2.37. The Morgan fingerprint density at radius 2 is 1.95 bits per heavy atom. The van der Waals surface area contributed by atoms with Crippen molar-refractivity contribution in [1.82, 2.24) is 10.2 Å². The molecule has 2 heterocycles. The number of halogens is 1. The van der Waals surface area contributed by atoms with Gasteiger partial charge in [-0.25, -0.2) is 4.39 Å². The van der Waals surface area contributed by atoms with Gasteiger partial charge in [-0.3, -0.25) is 4.79 Å². The van der Waals surface area contributed by atoms with E-state index in [1.54, 1.807) is 12.1 Å². The van der Waals surface area contributed by atoms with E-state index in [0.29, 0.717) is 6.54 Å². The van der Waals surface area contributed by atoms with Crippen molar-refractivity contribution in [2.75, 3.05) is 19.6 Å². The highest BCUT2D eigenvalue weighted by Gasteiger charge is 2.44. The van der Waals surface area contributed by atoms with Gasteiger partial charge in [-0.05, 0) is 49.9 Å². The van der Waals surface area contributed by atoms with Crippen LogP contribution in [-0.4, -0.2) is 30.4 Å². The van der Waals surface area contributed by atoms with E-state index >= 15 is 0 Å². The van der Waals surface area contributed by atoms with Crippen LogP contribution in [0, 0.1) is 11.2 Å². The van der Waals surface area contributed by atoms with Gasteiger partial charge in [0.25, 0.3) is 0 Å². The molecule has 0 radical (unpaired) electrons. The van der Waals surface area contributed by atoms with E-state index in [-0.39, 0.29) is 17.1 Å². The third-order valence-corrected chi connectivity index (χ3v) is 4.58. The van der Waals surface area contributed by atoms with Gasteiger partial charge in [0.05, 0.1) is 5.41 Å². The SMILES string of the molecule is O=C1N(Cc2ccc(F)cc2)CCCC12CCCNC2. The summed E-state index contributed by atoms with van der Waals surface area (Å²) >= 11 is 0. The van der Waals surface area contributed by atoms with E-state index in [1.165, 1.54) is 12.1 Å². The van der Waals surface area contributed by atoms with Crippen LogP contribution in [0.1, 0.15) is 31.2 Å². The zero-order valence-electron chi connectivity index (χ0n) is 11.7. The van der Waals surface area contributed by atoms with Crippen molar-refractivity contribution in [2.24, 2.45) is 5.41 Å². The number of amides is 1. The summed E-state index contributed by atoms with van der Waals surface area (Å²) in [7, 11) is 0. The standard InChI is InChI=1S/C16H21FN2O/c17-14-5-3-13(4-6-14)11-19-10-2-8-16(15(19)20)7-1-9-18-12-16/h3-6,18H,1-2,7-12H2. The summed E-state index contributed by atoms with van der Waals surface area (Å²) in [4.78, 5) is 14.7. The Hall–Kier alpha value is -1.42. The average molecular weight is 276 g/mol. The van der Waals surface area contributed by atoms with Crippen molar-refractivity contribution < 1.29 is 9.18 Å². The lowest BCUT2D eigenvalue weighted by atomic mass is 9.73. The monoisotopic (exact) mass is 276 g/mol. The first kappa shape index (κ1) is 13.6. The highest BCUT2D eigenvalue weighted by atomic mass is 19.1. The van der Waals surface area contributed by atoms with Crippen molar-refractivity contribution in [1.29, 1.82) is 0 Å². The van der Waals surface area contributed by atoms with E-state index in [4.69, 9.17) is 0 Å². The minimum atomic E-state index is -0.230. The van der Waals surface area contributed by atoms with Crippen molar-refractivity contribution in [3.8, 4) is 0 Å². The molecule has 0 bridgehead atoms. The Bertz CT molecular complexity index is 474. The number of carbonyl (C=O) groups is 1. The predicted molar refractivity (Wildman–Crippen MR) is 75.6 cm³/mol. The largest absolute Gasteiger partial charge is 0.338 e. The molecule has 20 heavy (non-hydrogen) atoms. The average Bonchev–Trinajstić information content (AvgIpc) is 2.47. The minimum Gasteiger partial charge on any atom is -0.338 e. The predicted octanol–water partition coefficient (Wildman–Crippen LogP) is 2.32. The summed E-state index contributed by atoms with van der Waals surface area (Å²) in [5.41, 5.74) is 0.817. The Balaban J connectivity index is 1.73. The number of piperidine rings is 2. The molecule has 1 atom stereocenters. The molecule has 1 unspecified atom stereocenters. The van der Waals surface area contributed by atoms with Gasteiger partial charge in [0.2, 0.25) is 5.91 Å². The highest BCUT2D eigenvalue weighted by molar-refractivity contribution is 5.84. The molecule has 1 spiro atoms. The second-order valence-corrected chi connectivity index (χ2v) is 6.02. The molecule has 1 aromatic carbocycles. The Labute approximate surface area is 119 Å². The number of rotatable bonds is 2. The Morgan fingerprint density at radius 1 is 1.20 bits per heavy atom. The van der Waals surface area contributed by atoms with E-state index in [2.05, 4.69) is 5.32 Å². The van der Waals surface area contributed by atoms with E-state index in [0.717, 1.165) is 50.9 Å². The molecular formula is C16H21FN2O. The van der Waals surface area contributed by atoms with Crippen molar-refractivity contribution in [3.05, 3.63) is 35.6 Å². The Kier molecular flexibility index (Phi) is 3.74. The molecule has 1 aromatic rings. The molecule has 1 N–H and O–H groups in total. The number of nitrogens with zero attached hydrogens (tertiary/aromatic N) is 1. The fourth-order valence-corrected chi connectivity index (χ4v) is 3.48. The van der Waals surface area contributed by atoms with Gasteiger partial charge >= 0.3 is 0 Å². The van der Waals surface area contributed by atoms with Gasteiger partial charge in [0, 0.05) is 19.6 Å². The summed E-state index contributed by atoms with van der Waals surface area (Å²) in [5.74, 6) is 0.0481. The molecule has 1 amide bonds. The van der Waals surface area contributed by atoms with Crippen molar-refractivity contribution >= 4 is 5.91 Å². The zero-order valence-corrected chi connectivity index (χ0v) is 11.7. The molecular weight excluding hydrogens is 255 g/mol. The van der Waals surface area contributed by atoms with Crippen LogP contribution in [0.2, 0.25) is 0 Å². The number of hydrogen-bond acceptors (Lipinski definition) is 2. The molecule has 2 fully saturated rings. The molecule has 2 aliphatic heterocycles. The van der Waals surface area contributed by atoms with Crippen molar-refractivity contribution in [3.63, 3.8) is 0 Å². The molecule has 0 aliphatic carbocycles. The molecule has 3 nitrogen and oxygen atoms in total. The first-order valence-corrected chi connectivity index (χ1v) is 7.44. The molecule has 4 heteroatoms. The fraction of sp³-hybridized carbons (Fsp3) is 0.562. The minimum absolute atomic E-state index is 0.184. The van der Waals surface area contributed by atoms with Gasteiger partial charge in [0.1, 0.15) is 5.82 Å². The van der Waals surface area contributed by atoms with Gasteiger partial charge in [-0.1, -0.05) is 12.1 Å². The van der Waals surface area contributed by atoms with Crippen LogP contribution in [0.15, 0.2) is 24.3 Å². The van der Waals surface area contributed by atoms with Crippen LogP contribution in [0.4, 0.5) is 4.39 Å². The van der Waals surface area contributed by atoms with E-state index in [9.17, 15) is 9.18 Å². The summed E-state index contributed by atoms with van der Waals surface area (Å²) in [6, 6.07) is 6.45. The molecule has 2 saturated heterocycles. The lowest BCUT2D eigenvalue weighted by molar-refractivity contribution is -0.148. The molecule has 108 valence electrons. The van der Waals surface area contributed by atoms with E-state index in [1.807, 2.05) is 4.90 Å². The number of likely N-dealkylation sites (tertiary alicyclic amines) is 1. The van der Waals surface area contributed by atoms with Crippen LogP contribution < -0.4 is 5.32 Å². The second kappa shape index (κ2) is 5.52. The van der Waals surface area contributed by atoms with Crippen LogP contribution in [0.5, 0.6) is 0 Å². The summed E-state index contributed by atoms with van der Waals surface area (Å²) < 4.78 is 12.9. The fourth-order valence-electron chi connectivity index (χ4n) is 3.48. The van der Waals surface area contributed by atoms with Gasteiger partial charge in [-0.2, -0.15) is 0 Å². The number of hydrogen-bond donors (Lipinski definition) is 1. The molecule has 3 rings (SSSR count). The summed E-state index contributed by atoms with van der Waals surface area (Å²) in [6.07, 6.45) is 4.14. The maximum atomic E-state index is 12.9. The topological polar surface area (TPSA) is 32.3 Å². The maximum absolute atomic E-state index is 12.9. The smallest absolute Gasteiger partial charge is 0.230 e. The third kappa shape index (κ3) is 2.57. The maximum Gasteiger partial charge on any atom is 0.230 e. The summed E-state index contributed by atoms with van der Waals surface area (Å²) in [6.45, 7) is 3.25. The lowest BCUT2D eigenvalue weighted by Gasteiger charge is -2.44. The van der Waals surface area contributed by atoms with Gasteiger partial charge in [-0.15, -0.1) is 0 Å². The normalized spacial score (nSPS) is 27.1. The van der Waals surface area contributed by atoms with Gasteiger partial charge < -0.3 is 10.2 Å². The van der Waals surface area contributed by atoms with Crippen LogP contribution >= 0.6 is 0 Å². The molecule has 2 aliphatic rings. The van der Waals surface area contributed by atoms with Crippen LogP contribution in [0.25, 0.3) is 0 Å². The zero-order chi connectivity index (χ0) is 14.0. The molecule has 0 saturated carbocycles. The number of carbonyl (C=O) groups excluding carboxylic acids is 1. The second-order valence-electron chi connectivity index (χ2n) is 6.02. The van der Waals surface area contributed by atoms with E-state index < -0.39 is 0 Å². The number of benzene rings is 1. The van der Waals surface area contributed by atoms with Crippen LogP contribution in [-0.2, 0) is 11.3 Å². The summed E-state index contributed by atoms with van der Waals surface area (Å²) in [5, 5.41) is 3.37. The van der Waals surface area contributed by atoms with Crippen molar-refractivity contribution in [2.45, 2.75) is 32.2 Å². The molecule has 0 aromatic heterocycles. The number of nitrogens with one attached hydrogen (secondary N) is 1. The Morgan fingerprint density at radius 3 is 2.65 bits per heavy atom. The third-order valence-electron chi connectivity index (χ3n) is 4.58. The van der Waals surface area contributed by atoms with Crippen LogP contribution in [0.3, 0.4) is 0 Å². The lowest BCUT2D eigenvalue weighted by Crippen LogP contribution is -2.54. The first-order valence-electron chi connectivity index (χ1n) is 7.44. The first-order chi connectivity index (χ1) is 9.70. The van der Waals surface area contributed by atoms with Gasteiger partial charge in [0.15, 0.2) is 0 Å². The quantitative estimate of drug-likeness (QED) is 0.899.